The van der Waals surface area contributed by atoms with E-state index in [0.29, 0.717) is 37.4 Å². The highest BCUT2D eigenvalue weighted by Crippen LogP contribution is 2.67. The molecular weight excluding hydrogens is 372 g/mol. The number of aliphatic hydroxyl groups is 1. The van der Waals surface area contributed by atoms with E-state index in [0.717, 1.165) is 25.7 Å². The SMILES string of the molecule is CC(=O)O[C@H]1CC[C@]2(C)[C@H]3CC[C@]4(C)C(=O)CC[C@H]4[C@@H]3C[C@H](OC(C)=O)[C@@]2(O)C1. The van der Waals surface area contributed by atoms with Gasteiger partial charge < -0.3 is 14.6 Å². The van der Waals surface area contributed by atoms with Crippen LogP contribution in [0.5, 0.6) is 0 Å². The largest absolute Gasteiger partial charge is 0.462 e. The number of carbonyl (C=O) groups excluding carboxylic acids is 3. The number of esters is 2. The smallest absolute Gasteiger partial charge is 0.303 e. The van der Waals surface area contributed by atoms with Crippen molar-refractivity contribution in [1.29, 1.82) is 0 Å². The van der Waals surface area contributed by atoms with Gasteiger partial charge in [0, 0.05) is 37.5 Å². The molecule has 0 aromatic rings. The molecule has 4 saturated carbocycles. The Kier molecular flexibility index (Phi) is 4.88. The quantitative estimate of drug-likeness (QED) is 0.709. The maximum Gasteiger partial charge on any atom is 0.303 e. The second-order valence-corrected chi connectivity index (χ2v) is 10.4. The van der Waals surface area contributed by atoms with Crippen LogP contribution < -0.4 is 0 Å². The highest BCUT2D eigenvalue weighted by atomic mass is 16.6. The third-order valence-corrected chi connectivity index (χ3v) is 9.14. The molecule has 0 aromatic heterocycles. The van der Waals surface area contributed by atoms with E-state index in [-0.39, 0.29) is 29.3 Å². The summed E-state index contributed by atoms with van der Waals surface area (Å²) >= 11 is 0. The molecule has 0 amide bonds. The third-order valence-electron chi connectivity index (χ3n) is 9.14. The molecule has 0 aliphatic heterocycles. The van der Waals surface area contributed by atoms with Gasteiger partial charge in [-0.25, -0.2) is 0 Å². The number of rotatable bonds is 2. The molecule has 6 heteroatoms. The monoisotopic (exact) mass is 406 g/mol. The van der Waals surface area contributed by atoms with Gasteiger partial charge in [0.15, 0.2) is 0 Å². The Labute approximate surface area is 172 Å². The normalized spacial score (nSPS) is 48.9. The summed E-state index contributed by atoms with van der Waals surface area (Å²) in [7, 11) is 0. The number of ether oxygens (including phenoxy) is 2. The maximum absolute atomic E-state index is 12.7. The molecule has 4 aliphatic rings. The predicted molar refractivity (Wildman–Crippen MR) is 105 cm³/mol. The summed E-state index contributed by atoms with van der Waals surface area (Å²) < 4.78 is 11.2. The minimum atomic E-state index is -1.23. The summed E-state index contributed by atoms with van der Waals surface area (Å²) in [5.74, 6) is 0.452. The molecule has 0 spiro atoms. The number of hydrogen-bond acceptors (Lipinski definition) is 6. The van der Waals surface area contributed by atoms with E-state index in [9.17, 15) is 19.5 Å². The van der Waals surface area contributed by atoms with Crippen LogP contribution in [0.1, 0.15) is 79.1 Å². The average Bonchev–Trinajstić information content (AvgIpc) is 2.92. The molecule has 0 aromatic carbocycles. The molecule has 0 heterocycles. The van der Waals surface area contributed by atoms with Crippen LogP contribution in [0.15, 0.2) is 0 Å². The van der Waals surface area contributed by atoms with E-state index in [1.807, 2.05) is 0 Å². The van der Waals surface area contributed by atoms with Gasteiger partial charge in [-0.2, -0.15) is 0 Å². The van der Waals surface area contributed by atoms with Gasteiger partial charge in [0.05, 0.1) is 0 Å². The molecular formula is C23H34O6. The predicted octanol–water partition coefficient (Wildman–Crippen LogP) is 3.19. The van der Waals surface area contributed by atoms with Gasteiger partial charge in [-0.1, -0.05) is 13.8 Å². The van der Waals surface area contributed by atoms with Crippen molar-refractivity contribution in [3.63, 3.8) is 0 Å². The van der Waals surface area contributed by atoms with Gasteiger partial charge in [-0.05, 0) is 56.3 Å². The fourth-order valence-corrected chi connectivity index (χ4v) is 7.67. The van der Waals surface area contributed by atoms with Gasteiger partial charge in [0.25, 0.3) is 0 Å². The Balaban J connectivity index is 1.71. The molecule has 162 valence electrons. The summed E-state index contributed by atoms with van der Waals surface area (Å²) in [6.07, 6.45) is 4.62. The van der Waals surface area contributed by atoms with Crippen molar-refractivity contribution < 1.29 is 29.0 Å². The van der Waals surface area contributed by atoms with E-state index in [2.05, 4.69) is 13.8 Å². The van der Waals surface area contributed by atoms with Gasteiger partial charge in [0.2, 0.25) is 0 Å². The summed E-state index contributed by atoms with van der Waals surface area (Å²) in [4.78, 5) is 36.1. The Hall–Kier alpha value is -1.43. The Morgan fingerprint density at radius 3 is 2.34 bits per heavy atom. The van der Waals surface area contributed by atoms with Gasteiger partial charge >= 0.3 is 11.9 Å². The van der Waals surface area contributed by atoms with Crippen LogP contribution in [0, 0.1) is 28.6 Å². The van der Waals surface area contributed by atoms with Crippen molar-refractivity contribution in [1.82, 2.24) is 0 Å². The van der Waals surface area contributed by atoms with Gasteiger partial charge in [0.1, 0.15) is 23.6 Å². The van der Waals surface area contributed by atoms with Gasteiger partial charge in [-0.15, -0.1) is 0 Å². The minimum Gasteiger partial charge on any atom is -0.462 e. The molecule has 1 N–H and O–H groups in total. The zero-order valence-corrected chi connectivity index (χ0v) is 18.0. The van der Waals surface area contributed by atoms with Crippen molar-refractivity contribution in [2.24, 2.45) is 28.6 Å². The second kappa shape index (κ2) is 6.79. The van der Waals surface area contributed by atoms with Crippen LogP contribution in [-0.2, 0) is 23.9 Å². The summed E-state index contributed by atoms with van der Waals surface area (Å²) in [5.41, 5.74) is -1.93. The lowest BCUT2D eigenvalue weighted by molar-refractivity contribution is -0.269. The molecule has 0 unspecified atom stereocenters. The third kappa shape index (κ3) is 2.96. The lowest BCUT2D eigenvalue weighted by atomic mass is 9.43. The van der Waals surface area contributed by atoms with Crippen molar-refractivity contribution in [2.75, 3.05) is 0 Å². The molecule has 4 fully saturated rings. The Morgan fingerprint density at radius 1 is 1.00 bits per heavy atom. The molecule has 6 nitrogen and oxygen atoms in total. The fourth-order valence-electron chi connectivity index (χ4n) is 7.67. The highest BCUT2D eigenvalue weighted by molar-refractivity contribution is 5.87. The topological polar surface area (TPSA) is 89.9 Å². The molecule has 4 rings (SSSR count). The Bertz CT molecular complexity index is 733. The lowest BCUT2D eigenvalue weighted by Crippen LogP contribution is -2.69. The second-order valence-electron chi connectivity index (χ2n) is 10.4. The molecule has 4 aliphatic carbocycles. The molecule has 8 atom stereocenters. The van der Waals surface area contributed by atoms with Crippen molar-refractivity contribution in [3.05, 3.63) is 0 Å². The number of carbonyl (C=O) groups is 3. The van der Waals surface area contributed by atoms with Crippen molar-refractivity contribution in [2.45, 2.75) is 96.9 Å². The summed E-state index contributed by atoms with van der Waals surface area (Å²) in [6.45, 7) is 7.01. The zero-order valence-electron chi connectivity index (χ0n) is 18.0. The lowest BCUT2D eigenvalue weighted by Gasteiger charge is -2.65. The van der Waals surface area contributed by atoms with Crippen molar-refractivity contribution >= 4 is 17.7 Å². The van der Waals surface area contributed by atoms with Gasteiger partial charge in [-0.3, -0.25) is 14.4 Å². The zero-order chi connectivity index (χ0) is 21.2. The van der Waals surface area contributed by atoms with Crippen LogP contribution in [-0.4, -0.2) is 40.6 Å². The van der Waals surface area contributed by atoms with Crippen LogP contribution in [0.4, 0.5) is 0 Å². The van der Waals surface area contributed by atoms with Crippen LogP contribution >= 0.6 is 0 Å². The molecule has 29 heavy (non-hydrogen) atoms. The van der Waals surface area contributed by atoms with E-state index >= 15 is 0 Å². The highest BCUT2D eigenvalue weighted by Gasteiger charge is 2.68. The van der Waals surface area contributed by atoms with Crippen LogP contribution in [0.25, 0.3) is 0 Å². The number of fused-ring (bicyclic) bond motifs is 5. The molecule has 0 bridgehead atoms. The summed E-state index contributed by atoms with van der Waals surface area (Å²) in [6, 6.07) is 0. The first-order valence-corrected chi connectivity index (χ1v) is 11.1. The standard InChI is InChI=1S/C23H34O6/c1-13(24)28-15-7-10-22(4)18-8-9-21(3)17(5-6-19(21)26)16(18)11-20(29-14(2)25)23(22,27)12-15/h15-18,20,27H,5-12H2,1-4H3/t15-,16-,17-,18-,20-,21-,22+,23-/m0/s1. The Morgan fingerprint density at radius 2 is 1.69 bits per heavy atom. The van der Waals surface area contributed by atoms with E-state index in [4.69, 9.17) is 9.47 Å². The van der Waals surface area contributed by atoms with Crippen LogP contribution in [0.3, 0.4) is 0 Å². The van der Waals surface area contributed by atoms with Crippen molar-refractivity contribution in [3.8, 4) is 0 Å². The average molecular weight is 407 g/mol. The number of ketones is 1. The number of hydrogen-bond donors (Lipinski definition) is 1. The minimum absolute atomic E-state index is 0.264. The first-order valence-electron chi connectivity index (χ1n) is 11.1. The fraction of sp³-hybridized carbons (Fsp3) is 0.870. The van der Waals surface area contributed by atoms with E-state index in [1.165, 1.54) is 13.8 Å². The van der Waals surface area contributed by atoms with E-state index < -0.39 is 23.1 Å². The van der Waals surface area contributed by atoms with E-state index in [1.54, 1.807) is 0 Å². The first-order chi connectivity index (χ1) is 13.5. The molecule has 0 radical (unpaired) electrons. The maximum atomic E-state index is 12.7. The first kappa shape index (κ1) is 20.8. The summed E-state index contributed by atoms with van der Waals surface area (Å²) in [5, 5.41) is 12.0. The van der Waals surface area contributed by atoms with Crippen LogP contribution in [0.2, 0.25) is 0 Å². The molecule has 0 saturated heterocycles. The number of Topliss-reactive ketones (excluding diaryl/α,β-unsaturated/α-hetero) is 1.